The molecule has 5 rings (SSSR count). The third-order valence-corrected chi connectivity index (χ3v) is 6.71. The van der Waals surface area contributed by atoms with E-state index in [4.69, 9.17) is 4.74 Å². The Bertz CT molecular complexity index is 1120. The highest BCUT2D eigenvalue weighted by Crippen LogP contribution is 2.48. The van der Waals surface area contributed by atoms with Crippen LogP contribution < -0.4 is 15.6 Å². The van der Waals surface area contributed by atoms with Crippen LogP contribution in [-0.4, -0.2) is 40.2 Å². The summed E-state index contributed by atoms with van der Waals surface area (Å²) in [6, 6.07) is 24.2. The van der Waals surface area contributed by atoms with Crippen molar-refractivity contribution < 1.29 is 19.7 Å². The number of benzene rings is 3. The highest BCUT2D eigenvalue weighted by atomic mass is 16.5. The van der Waals surface area contributed by atoms with E-state index in [2.05, 4.69) is 10.9 Å². The van der Waals surface area contributed by atoms with Gasteiger partial charge in [-0.1, -0.05) is 60.7 Å². The Kier molecular flexibility index (Phi) is 6.49. The van der Waals surface area contributed by atoms with Gasteiger partial charge in [0.05, 0.1) is 12.1 Å². The number of hydrogen-bond acceptors (Lipinski definition) is 6. The predicted octanol–water partition coefficient (Wildman–Crippen LogP) is 3.07. The Morgan fingerprint density at radius 2 is 1.59 bits per heavy atom. The topological polar surface area (TPSA) is 94.1 Å². The number of likely N-dealkylation sites (tertiary alicyclic amines) is 1. The van der Waals surface area contributed by atoms with Gasteiger partial charge in [0, 0.05) is 24.6 Å². The molecule has 4 atom stereocenters. The molecule has 3 aromatic carbocycles. The fourth-order valence-electron chi connectivity index (χ4n) is 5.11. The first kappa shape index (κ1) is 22.4. The lowest BCUT2D eigenvalue weighted by atomic mass is 9.83. The number of rotatable bonds is 8. The molecule has 0 radical (unpaired) electrons. The molecule has 34 heavy (non-hydrogen) atoms. The van der Waals surface area contributed by atoms with Gasteiger partial charge in [-0.15, -0.1) is 0 Å². The van der Waals surface area contributed by atoms with Gasteiger partial charge in [-0.3, -0.25) is 4.79 Å². The minimum absolute atomic E-state index is 0.00160. The van der Waals surface area contributed by atoms with Crippen LogP contribution in [0.2, 0.25) is 0 Å². The molecule has 1 amide bonds. The van der Waals surface area contributed by atoms with E-state index in [9.17, 15) is 15.0 Å². The molecular weight excluding hydrogens is 430 g/mol. The van der Waals surface area contributed by atoms with Crippen LogP contribution in [-0.2, 0) is 11.4 Å². The van der Waals surface area contributed by atoms with Crippen LogP contribution in [0.1, 0.15) is 35.2 Å². The van der Waals surface area contributed by atoms with Crippen LogP contribution in [0.4, 0.5) is 0 Å². The van der Waals surface area contributed by atoms with Crippen molar-refractivity contribution in [2.45, 2.75) is 31.2 Å². The number of carbonyl (C=O) groups is 1. The number of para-hydroxylation sites is 1. The lowest BCUT2D eigenvalue weighted by molar-refractivity contribution is -0.130. The lowest BCUT2D eigenvalue weighted by Gasteiger charge is -2.31. The zero-order valence-electron chi connectivity index (χ0n) is 18.8. The van der Waals surface area contributed by atoms with Crippen LogP contribution in [0.25, 0.3) is 0 Å². The van der Waals surface area contributed by atoms with Crippen LogP contribution in [0, 0.1) is 5.92 Å². The van der Waals surface area contributed by atoms with Gasteiger partial charge in [-0.05, 0) is 35.7 Å². The van der Waals surface area contributed by atoms with Gasteiger partial charge in [-0.2, -0.15) is 0 Å². The predicted molar refractivity (Wildman–Crippen MR) is 128 cm³/mol. The zero-order valence-corrected chi connectivity index (χ0v) is 18.8. The third kappa shape index (κ3) is 4.25. The lowest BCUT2D eigenvalue weighted by Crippen LogP contribution is -2.41. The second-order valence-electron chi connectivity index (χ2n) is 8.78. The second kappa shape index (κ2) is 9.85. The van der Waals surface area contributed by atoms with Crippen LogP contribution >= 0.6 is 0 Å². The average Bonchev–Trinajstić information content (AvgIpc) is 3.41. The van der Waals surface area contributed by atoms with Crippen LogP contribution in [0.15, 0.2) is 78.9 Å². The fourth-order valence-corrected chi connectivity index (χ4v) is 5.11. The molecular formula is C27H29N3O4. The summed E-state index contributed by atoms with van der Waals surface area (Å²) in [5.74, 6) is 0.830. The zero-order chi connectivity index (χ0) is 23.5. The number of hydrogen-bond donors (Lipinski definition) is 4. The van der Waals surface area contributed by atoms with Crippen LogP contribution in [0.5, 0.6) is 11.5 Å². The van der Waals surface area contributed by atoms with Crippen LogP contribution in [0.3, 0.4) is 0 Å². The summed E-state index contributed by atoms with van der Waals surface area (Å²) in [6.07, 6.45) is 0.509. The quantitative estimate of drug-likeness (QED) is 0.414. The highest BCUT2D eigenvalue weighted by Gasteiger charge is 2.55. The first-order chi connectivity index (χ1) is 16.7. The molecule has 2 fully saturated rings. The van der Waals surface area contributed by atoms with Gasteiger partial charge in [-0.25, -0.2) is 10.9 Å². The number of nitrogens with zero attached hydrogens (tertiary/aromatic N) is 1. The van der Waals surface area contributed by atoms with Crippen molar-refractivity contribution in [1.82, 2.24) is 15.8 Å². The molecule has 2 aliphatic heterocycles. The van der Waals surface area contributed by atoms with E-state index < -0.39 is 6.04 Å². The smallest absolute Gasteiger partial charge is 0.242 e. The summed E-state index contributed by atoms with van der Waals surface area (Å²) in [4.78, 5) is 15.2. The Hall–Kier alpha value is -3.39. The van der Waals surface area contributed by atoms with Crippen molar-refractivity contribution in [3.63, 3.8) is 0 Å². The molecule has 0 saturated carbocycles. The molecule has 2 saturated heterocycles. The molecule has 4 N–H and O–H groups in total. The average molecular weight is 460 g/mol. The van der Waals surface area contributed by atoms with Crippen molar-refractivity contribution in [2.24, 2.45) is 5.92 Å². The molecule has 0 bridgehead atoms. The summed E-state index contributed by atoms with van der Waals surface area (Å²) in [5.41, 5.74) is 9.25. The molecule has 4 unspecified atom stereocenters. The Balaban J connectivity index is 1.42. The highest BCUT2D eigenvalue weighted by molar-refractivity contribution is 5.86. The minimum Gasteiger partial charge on any atom is -0.508 e. The SMILES string of the molecule is O=C1C2NNC(c3ccccc3O)C2C(c2ccc(OCc3ccccc3)cc2)N1CCCO. The molecule has 0 aliphatic carbocycles. The van der Waals surface area contributed by atoms with E-state index in [1.165, 1.54) is 0 Å². The molecule has 2 aliphatic rings. The second-order valence-corrected chi connectivity index (χ2v) is 8.78. The summed E-state index contributed by atoms with van der Waals surface area (Å²) >= 11 is 0. The molecule has 2 heterocycles. The number of phenols is 1. The number of fused-ring (bicyclic) bond motifs is 1. The standard InChI is InChI=1S/C27H29N3O4/c31-16-6-15-30-26(19-11-13-20(14-12-19)34-17-18-7-2-1-3-8-18)23-24(28-29-25(23)27(30)33)21-9-4-5-10-22(21)32/h1-5,7-14,23-26,28-29,31-32H,6,15-17H2. The Labute approximate surface area is 199 Å². The van der Waals surface area contributed by atoms with Crippen molar-refractivity contribution in [2.75, 3.05) is 13.2 Å². The number of phenolic OH excluding ortho intramolecular Hbond substituents is 1. The molecule has 176 valence electrons. The molecule has 3 aromatic rings. The third-order valence-electron chi connectivity index (χ3n) is 6.71. The largest absolute Gasteiger partial charge is 0.508 e. The maximum absolute atomic E-state index is 13.3. The van der Waals surface area contributed by atoms with Crippen molar-refractivity contribution in [3.05, 3.63) is 95.6 Å². The Morgan fingerprint density at radius 3 is 2.32 bits per heavy atom. The molecule has 7 heteroatoms. The van der Waals surface area contributed by atoms with E-state index in [0.29, 0.717) is 19.6 Å². The van der Waals surface area contributed by atoms with Gasteiger partial charge in [0.25, 0.3) is 0 Å². The minimum atomic E-state index is -0.415. The number of amides is 1. The summed E-state index contributed by atoms with van der Waals surface area (Å²) in [7, 11) is 0. The first-order valence-electron chi connectivity index (χ1n) is 11.6. The monoisotopic (exact) mass is 459 g/mol. The maximum Gasteiger partial charge on any atom is 0.242 e. The van der Waals surface area contributed by atoms with Gasteiger partial charge in [0.15, 0.2) is 0 Å². The summed E-state index contributed by atoms with van der Waals surface area (Å²) in [6.45, 7) is 0.972. The molecule has 0 aromatic heterocycles. The number of ether oxygens (including phenoxy) is 1. The summed E-state index contributed by atoms with van der Waals surface area (Å²) < 4.78 is 5.94. The molecule has 7 nitrogen and oxygen atoms in total. The number of aromatic hydroxyl groups is 1. The van der Waals surface area contributed by atoms with E-state index in [0.717, 1.165) is 22.4 Å². The summed E-state index contributed by atoms with van der Waals surface area (Å²) in [5, 5.41) is 19.9. The Morgan fingerprint density at radius 1 is 0.882 bits per heavy atom. The number of aliphatic hydroxyl groups excluding tert-OH is 1. The van der Waals surface area contributed by atoms with Crippen molar-refractivity contribution in [3.8, 4) is 11.5 Å². The number of nitrogens with one attached hydrogen (secondary N) is 2. The van der Waals surface area contributed by atoms with Gasteiger partial charge >= 0.3 is 0 Å². The van der Waals surface area contributed by atoms with Gasteiger partial charge in [0.1, 0.15) is 24.1 Å². The maximum atomic E-state index is 13.3. The van der Waals surface area contributed by atoms with Crippen molar-refractivity contribution >= 4 is 5.91 Å². The van der Waals surface area contributed by atoms with Crippen molar-refractivity contribution in [1.29, 1.82) is 0 Å². The van der Waals surface area contributed by atoms with E-state index in [1.807, 2.05) is 71.6 Å². The fraction of sp³-hybridized carbons (Fsp3) is 0.296. The van der Waals surface area contributed by atoms with E-state index in [1.54, 1.807) is 12.1 Å². The number of aliphatic hydroxyl groups is 1. The van der Waals surface area contributed by atoms with Gasteiger partial charge in [0.2, 0.25) is 5.91 Å². The van der Waals surface area contributed by atoms with E-state index in [-0.39, 0.29) is 36.3 Å². The normalized spacial score (nSPS) is 23.8. The first-order valence-corrected chi connectivity index (χ1v) is 11.6. The van der Waals surface area contributed by atoms with Gasteiger partial charge < -0.3 is 19.8 Å². The van der Waals surface area contributed by atoms with E-state index >= 15 is 0 Å². The number of hydrazine groups is 1. The molecule has 0 spiro atoms. The number of carbonyl (C=O) groups excluding carboxylic acids is 1.